The molecule has 0 saturated heterocycles. The molecule has 1 aliphatic carbocycles. The van der Waals surface area contributed by atoms with E-state index in [0.717, 1.165) is 32.1 Å². The Kier molecular flexibility index (Phi) is 10.8. The Bertz CT molecular complexity index is 446. The molecule has 0 heterocycles. The van der Waals surface area contributed by atoms with Crippen LogP contribution in [0.5, 0.6) is 0 Å². The van der Waals surface area contributed by atoms with Crippen LogP contribution in [0.25, 0.3) is 0 Å². The van der Waals surface area contributed by atoms with Gasteiger partial charge in [0.1, 0.15) is 6.23 Å². The van der Waals surface area contributed by atoms with Gasteiger partial charge in [-0.3, -0.25) is 14.7 Å². The zero-order valence-corrected chi connectivity index (χ0v) is 15.7. The summed E-state index contributed by atoms with van der Waals surface area (Å²) in [6.45, 7) is 1.37. The fourth-order valence-corrected chi connectivity index (χ4v) is 4.03. The van der Waals surface area contributed by atoms with Gasteiger partial charge >= 0.3 is 12.1 Å². The van der Waals surface area contributed by atoms with Crippen LogP contribution in [0, 0.1) is 11.8 Å². The molecule has 0 aliphatic heterocycles. The highest BCUT2D eigenvalue weighted by Gasteiger charge is 2.24. The van der Waals surface area contributed by atoms with Gasteiger partial charge < -0.3 is 19.5 Å². The lowest BCUT2D eigenvalue weighted by atomic mass is 9.80. The van der Waals surface area contributed by atoms with Crippen molar-refractivity contribution in [3.05, 3.63) is 0 Å². The predicted molar refractivity (Wildman–Crippen MR) is 92.3 cm³/mol. The van der Waals surface area contributed by atoms with E-state index in [1.807, 2.05) is 6.92 Å². The minimum atomic E-state index is -2.43. The van der Waals surface area contributed by atoms with Crippen LogP contribution in [0.15, 0.2) is 0 Å². The second-order valence-electron chi connectivity index (χ2n) is 6.55. The van der Waals surface area contributed by atoms with E-state index in [1.165, 1.54) is 0 Å². The highest BCUT2D eigenvalue weighted by atomic mass is 31.1. The van der Waals surface area contributed by atoms with E-state index in [4.69, 9.17) is 4.89 Å². The number of ether oxygens (including phenoxy) is 2. The van der Waals surface area contributed by atoms with Crippen LogP contribution in [0.4, 0.5) is 4.79 Å². The third-order valence-corrected chi connectivity index (χ3v) is 5.28. The number of carbonyl (C=O) groups is 2. The average molecular weight is 379 g/mol. The molecule has 0 spiro atoms. The molecule has 0 radical (unpaired) electrons. The number of carbonyl (C=O) groups excluding carboxylic acids is 2. The van der Waals surface area contributed by atoms with Gasteiger partial charge in [0.15, 0.2) is 8.03 Å². The van der Waals surface area contributed by atoms with Gasteiger partial charge in [0.25, 0.3) is 0 Å². The first-order valence-corrected chi connectivity index (χ1v) is 10.5. The number of aliphatic hydroxyl groups is 1. The molecule has 0 aromatic heterocycles. The number of rotatable bonds is 10. The summed E-state index contributed by atoms with van der Waals surface area (Å²) in [5, 5.41) is 12.1. The molecule has 25 heavy (non-hydrogen) atoms. The Balaban J connectivity index is 2.16. The maximum atomic E-state index is 11.5. The summed E-state index contributed by atoms with van der Waals surface area (Å²) in [5.74, 6) is 0.235. The standard InChI is InChI=1S/C16H30NO7P/c1-2-4-15(19)23-11-24-16(20)17-14(18)8-7-12-5-3-6-13(9-12)10-25(21)22/h12-14,18,25H,2-11H2,1H3,(H,17,20)(H,21,22). The fourth-order valence-electron chi connectivity index (χ4n) is 3.17. The first kappa shape index (κ1) is 21.9. The van der Waals surface area contributed by atoms with E-state index < -0.39 is 33.1 Å². The lowest BCUT2D eigenvalue weighted by Gasteiger charge is -2.29. The first-order chi connectivity index (χ1) is 11.9. The van der Waals surface area contributed by atoms with Gasteiger partial charge in [0.05, 0.1) is 0 Å². The van der Waals surface area contributed by atoms with Crippen LogP contribution in [0.3, 0.4) is 0 Å². The lowest BCUT2D eigenvalue weighted by molar-refractivity contribution is -0.151. The smallest absolute Gasteiger partial charge is 0.412 e. The largest absolute Gasteiger partial charge is 0.428 e. The average Bonchev–Trinajstić information content (AvgIpc) is 2.53. The molecular weight excluding hydrogens is 349 g/mol. The molecule has 1 fully saturated rings. The van der Waals surface area contributed by atoms with Crippen LogP contribution in [-0.2, 0) is 18.8 Å². The third kappa shape index (κ3) is 10.5. The van der Waals surface area contributed by atoms with E-state index in [0.29, 0.717) is 24.9 Å². The first-order valence-electron chi connectivity index (χ1n) is 8.89. The van der Waals surface area contributed by atoms with Gasteiger partial charge in [-0.1, -0.05) is 19.8 Å². The number of alkyl carbamates (subject to hydrolysis) is 1. The van der Waals surface area contributed by atoms with Crippen molar-refractivity contribution in [1.29, 1.82) is 0 Å². The Morgan fingerprint density at radius 2 is 2.00 bits per heavy atom. The normalized spacial score (nSPS) is 22.7. The SMILES string of the molecule is CCCC(=O)OCOC(=O)NC(O)CCC1CCCC(C[PH](=O)O)C1. The molecule has 1 aliphatic rings. The number of hydrogen-bond donors (Lipinski definition) is 3. The molecule has 4 atom stereocenters. The van der Waals surface area contributed by atoms with E-state index >= 15 is 0 Å². The molecule has 146 valence electrons. The second-order valence-corrected chi connectivity index (χ2v) is 7.75. The lowest BCUT2D eigenvalue weighted by Crippen LogP contribution is -2.36. The highest BCUT2D eigenvalue weighted by Crippen LogP contribution is 2.35. The van der Waals surface area contributed by atoms with Crippen molar-refractivity contribution in [1.82, 2.24) is 5.32 Å². The summed E-state index contributed by atoms with van der Waals surface area (Å²) >= 11 is 0. The Labute approximate surface area is 149 Å². The van der Waals surface area contributed by atoms with Gasteiger partial charge in [-0.2, -0.15) is 0 Å². The van der Waals surface area contributed by atoms with Gasteiger partial charge in [0.2, 0.25) is 6.79 Å². The fraction of sp³-hybridized carbons (Fsp3) is 0.875. The Hall–Kier alpha value is -1.11. The summed E-state index contributed by atoms with van der Waals surface area (Å²) in [5.41, 5.74) is 0. The minimum Gasteiger partial charge on any atom is -0.428 e. The summed E-state index contributed by atoms with van der Waals surface area (Å²) in [7, 11) is -2.43. The molecule has 9 heteroatoms. The van der Waals surface area contributed by atoms with Gasteiger partial charge in [-0.25, -0.2) is 4.79 Å². The minimum absolute atomic E-state index is 0.265. The molecule has 1 rings (SSSR count). The Morgan fingerprint density at radius 3 is 2.68 bits per heavy atom. The third-order valence-electron chi connectivity index (χ3n) is 4.35. The zero-order chi connectivity index (χ0) is 18.7. The second kappa shape index (κ2) is 12.3. The molecule has 1 saturated carbocycles. The predicted octanol–water partition coefficient (Wildman–Crippen LogP) is 2.39. The summed E-state index contributed by atoms with van der Waals surface area (Å²) in [4.78, 5) is 31.6. The molecule has 0 bridgehead atoms. The number of nitrogens with one attached hydrogen (secondary N) is 1. The van der Waals surface area contributed by atoms with Crippen molar-refractivity contribution in [2.24, 2.45) is 11.8 Å². The quantitative estimate of drug-likeness (QED) is 0.303. The number of amides is 1. The highest BCUT2D eigenvalue weighted by molar-refractivity contribution is 7.38. The number of aliphatic hydroxyl groups excluding tert-OH is 1. The summed E-state index contributed by atoms with van der Waals surface area (Å²) in [6.07, 6.45) is 4.48. The molecule has 1 amide bonds. The van der Waals surface area contributed by atoms with Crippen molar-refractivity contribution in [2.75, 3.05) is 13.0 Å². The van der Waals surface area contributed by atoms with Crippen LogP contribution >= 0.6 is 8.03 Å². The van der Waals surface area contributed by atoms with Crippen LogP contribution < -0.4 is 5.32 Å². The molecule has 3 N–H and O–H groups in total. The monoisotopic (exact) mass is 379 g/mol. The summed E-state index contributed by atoms with van der Waals surface area (Å²) in [6, 6.07) is 0. The summed E-state index contributed by atoms with van der Waals surface area (Å²) < 4.78 is 20.3. The molecule has 8 nitrogen and oxygen atoms in total. The van der Waals surface area contributed by atoms with Crippen molar-refractivity contribution in [3.8, 4) is 0 Å². The van der Waals surface area contributed by atoms with Crippen molar-refractivity contribution < 1.29 is 33.6 Å². The number of esters is 1. The van der Waals surface area contributed by atoms with Crippen LogP contribution in [0.2, 0.25) is 0 Å². The van der Waals surface area contributed by atoms with Crippen molar-refractivity contribution >= 4 is 20.1 Å². The topological polar surface area (TPSA) is 122 Å². The molecule has 0 aromatic carbocycles. The maximum Gasteiger partial charge on any atom is 0.412 e. The van der Waals surface area contributed by atoms with E-state index in [-0.39, 0.29) is 12.3 Å². The van der Waals surface area contributed by atoms with E-state index in [2.05, 4.69) is 14.8 Å². The van der Waals surface area contributed by atoms with Crippen molar-refractivity contribution in [2.45, 2.75) is 64.5 Å². The van der Waals surface area contributed by atoms with Gasteiger partial charge in [-0.05, 0) is 43.9 Å². The zero-order valence-electron chi connectivity index (χ0n) is 14.7. The van der Waals surface area contributed by atoms with Crippen LogP contribution in [0.1, 0.15) is 58.3 Å². The van der Waals surface area contributed by atoms with E-state index in [1.54, 1.807) is 0 Å². The van der Waals surface area contributed by atoms with Gasteiger partial charge in [-0.15, -0.1) is 0 Å². The molecular formula is C16H30NO7P. The van der Waals surface area contributed by atoms with Gasteiger partial charge in [0, 0.05) is 12.6 Å². The maximum absolute atomic E-state index is 11.5. The molecule has 4 unspecified atom stereocenters. The molecule has 0 aromatic rings. The Morgan fingerprint density at radius 1 is 1.28 bits per heavy atom. The van der Waals surface area contributed by atoms with Crippen molar-refractivity contribution in [3.63, 3.8) is 0 Å². The van der Waals surface area contributed by atoms with Crippen LogP contribution in [-0.4, -0.2) is 41.2 Å². The van der Waals surface area contributed by atoms with E-state index in [9.17, 15) is 19.3 Å². The number of hydrogen-bond acceptors (Lipinski definition) is 6.